The predicted octanol–water partition coefficient (Wildman–Crippen LogP) is 1.83. The molecule has 1 aromatic heterocycles. The quantitative estimate of drug-likeness (QED) is 0.580. The number of aliphatic hydroxyl groups excluding tert-OH is 1. The number of nitrogens with one attached hydrogen (secondary N) is 2. The van der Waals surface area contributed by atoms with E-state index >= 15 is 0 Å². The molecule has 0 unspecified atom stereocenters. The van der Waals surface area contributed by atoms with Gasteiger partial charge in [-0.15, -0.1) is 0 Å². The molecule has 1 aromatic rings. The molecule has 0 radical (unpaired) electrons. The van der Waals surface area contributed by atoms with Gasteiger partial charge in [0.2, 0.25) is 0 Å². The van der Waals surface area contributed by atoms with Gasteiger partial charge < -0.3 is 25.4 Å². The van der Waals surface area contributed by atoms with Crippen molar-refractivity contribution in [2.45, 2.75) is 64.6 Å². The first-order valence-electron chi connectivity index (χ1n) is 10.9. The van der Waals surface area contributed by atoms with Crippen LogP contribution in [0.2, 0.25) is 0 Å². The van der Waals surface area contributed by atoms with E-state index in [1.54, 1.807) is 10.9 Å². The normalized spacial score (nSPS) is 24.8. The monoisotopic (exact) mass is 421 g/mol. The topological polar surface area (TPSA) is 109 Å². The lowest BCUT2D eigenvalue weighted by molar-refractivity contribution is -0.144. The number of aromatic nitrogens is 2. The van der Waals surface area contributed by atoms with Crippen LogP contribution in [-0.2, 0) is 16.1 Å². The highest BCUT2D eigenvalue weighted by Gasteiger charge is 2.43. The third kappa shape index (κ3) is 5.24. The maximum atomic E-state index is 12.7. The van der Waals surface area contributed by atoms with Crippen molar-refractivity contribution in [3.05, 3.63) is 12.4 Å². The second-order valence-corrected chi connectivity index (χ2v) is 9.00. The van der Waals surface area contributed by atoms with E-state index in [1.807, 2.05) is 24.9 Å². The Kier molecular flexibility index (Phi) is 7.23. The summed E-state index contributed by atoms with van der Waals surface area (Å²) in [7, 11) is 1.35. The standard InChI is InChI=1S/C21H35N5O4/c1-15(2)18(19(28)30-3)24-20(29)25-9-8-21(14-25)6-4-16(5-7-21)23-17-12-22-26(13-17)10-11-27/h12-13,15-16,18,23,27H,4-11,14H2,1-3H3,(H,24,29)/t16?,18-,21?/m1/s1. The Morgan fingerprint density at radius 3 is 2.70 bits per heavy atom. The molecule has 0 aromatic carbocycles. The van der Waals surface area contributed by atoms with Crippen molar-refractivity contribution in [2.24, 2.45) is 11.3 Å². The molecule has 1 saturated carbocycles. The number of ether oxygens (including phenoxy) is 1. The van der Waals surface area contributed by atoms with Crippen LogP contribution < -0.4 is 10.6 Å². The smallest absolute Gasteiger partial charge is 0.328 e. The number of hydrogen-bond donors (Lipinski definition) is 3. The first kappa shape index (κ1) is 22.4. The number of likely N-dealkylation sites (tertiary alicyclic amines) is 1. The molecule has 2 heterocycles. The molecule has 0 bridgehead atoms. The first-order valence-corrected chi connectivity index (χ1v) is 10.9. The third-order valence-corrected chi connectivity index (χ3v) is 6.51. The number of nitrogens with zero attached hydrogens (tertiary/aromatic N) is 3. The fourth-order valence-electron chi connectivity index (χ4n) is 4.64. The van der Waals surface area contributed by atoms with Gasteiger partial charge in [0.1, 0.15) is 6.04 Å². The molecule has 3 rings (SSSR count). The molecule has 1 aliphatic carbocycles. The number of amides is 2. The number of carbonyl (C=O) groups excluding carboxylic acids is 2. The molecule has 1 aliphatic heterocycles. The molecular weight excluding hydrogens is 386 g/mol. The van der Waals surface area contributed by atoms with Crippen LogP contribution in [0.25, 0.3) is 0 Å². The van der Waals surface area contributed by atoms with Gasteiger partial charge in [0.25, 0.3) is 0 Å². The van der Waals surface area contributed by atoms with Gasteiger partial charge in [0, 0.05) is 25.3 Å². The number of hydrogen-bond acceptors (Lipinski definition) is 6. The average Bonchev–Trinajstić information content (AvgIpc) is 3.35. The van der Waals surface area contributed by atoms with Crippen LogP contribution in [0.5, 0.6) is 0 Å². The number of methoxy groups -OCH3 is 1. The van der Waals surface area contributed by atoms with Crippen LogP contribution in [0.3, 0.4) is 0 Å². The van der Waals surface area contributed by atoms with Gasteiger partial charge in [0.15, 0.2) is 0 Å². The molecule has 2 fully saturated rings. The number of aliphatic hydroxyl groups is 1. The lowest BCUT2D eigenvalue weighted by atomic mass is 9.72. The lowest BCUT2D eigenvalue weighted by Crippen LogP contribution is -2.50. The molecule has 1 saturated heterocycles. The van der Waals surface area contributed by atoms with Crippen LogP contribution in [-0.4, -0.2) is 70.7 Å². The second-order valence-electron chi connectivity index (χ2n) is 9.00. The van der Waals surface area contributed by atoms with Crippen molar-refractivity contribution in [3.8, 4) is 0 Å². The van der Waals surface area contributed by atoms with Gasteiger partial charge in [0.05, 0.1) is 32.1 Å². The number of urea groups is 1. The van der Waals surface area contributed by atoms with E-state index in [-0.39, 0.29) is 24.0 Å². The zero-order chi connectivity index (χ0) is 21.7. The highest BCUT2D eigenvalue weighted by molar-refractivity contribution is 5.84. The summed E-state index contributed by atoms with van der Waals surface area (Å²) in [4.78, 5) is 26.5. The molecule has 3 N–H and O–H groups in total. The molecule has 1 atom stereocenters. The fourth-order valence-corrected chi connectivity index (χ4v) is 4.64. The molecular formula is C21H35N5O4. The van der Waals surface area contributed by atoms with E-state index in [9.17, 15) is 9.59 Å². The Balaban J connectivity index is 1.49. The minimum absolute atomic E-state index is 0.0267. The Hall–Kier alpha value is -2.29. The summed E-state index contributed by atoms with van der Waals surface area (Å²) in [5.74, 6) is -0.428. The van der Waals surface area contributed by atoms with E-state index < -0.39 is 12.0 Å². The van der Waals surface area contributed by atoms with E-state index in [1.165, 1.54) is 7.11 Å². The highest BCUT2D eigenvalue weighted by atomic mass is 16.5. The fraction of sp³-hybridized carbons (Fsp3) is 0.762. The third-order valence-electron chi connectivity index (χ3n) is 6.51. The minimum Gasteiger partial charge on any atom is -0.467 e. The molecule has 1 spiro atoms. The lowest BCUT2D eigenvalue weighted by Gasteiger charge is -2.37. The molecule has 9 heteroatoms. The highest BCUT2D eigenvalue weighted by Crippen LogP contribution is 2.44. The Bertz CT molecular complexity index is 727. The van der Waals surface area contributed by atoms with Gasteiger partial charge in [-0.2, -0.15) is 5.10 Å². The maximum absolute atomic E-state index is 12.7. The largest absolute Gasteiger partial charge is 0.467 e. The van der Waals surface area contributed by atoms with Gasteiger partial charge in [-0.1, -0.05) is 13.8 Å². The van der Waals surface area contributed by atoms with E-state index in [2.05, 4.69) is 15.7 Å². The van der Waals surface area contributed by atoms with E-state index in [0.717, 1.165) is 50.9 Å². The van der Waals surface area contributed by atoms with Crippen molar-refractivity contribution >= 4 is 17.7 Å². The Labute approximate surface area is 178 Å². The summed E-state index contributed by atoms with van der Waals surface area (Å²) >= 11 is 0. The minimum atomic E-state index is -0.620. The summed E-state index contributed by atoms with van der Waals surface area (Å²) in [6, 6.07) is -0.395. The average molecular weight is 422 g/mol. The second kappa shape index (κ2) is 9.68. The van der Waals surface area contributed by atoms with Crippen molar-refractivity contribution in [3.63, 3.8) is 0 Å². The van der Waals surface area contributed by atoms with Crippen LogP contribution in [0.4, 0.5) is 10.5 Å². The summed E-state index contributed by atoms with van der Waals surface area (Å²) in [6.07, 6.45) is 8.98. The zero-order valence-corrected chi connectivity index (χ0v) is 18.3. The summed E-state index contributed by atoms with van der Waals surface area (Å²) in [5, 5.41) is 19.6. The van der Waals surface area contributed by atoms with Crippen molar-refractivity contribution < 1.29 is 19.4 Å². The number of esters is 1. The van der Waals surface area contributed by atoms with Crippen molar-refractivity contribution in [1.82, 2.24) is 20.0 Å². The van der Waals surface area contributed by atoms with Crippen molar-refractivity contribution in [1.29, 1.82) is 0 Å². The predicted molar refractivity (Wildman–Crippen MR) is 113 cm³/mol. The van der Waals surface area contributed by atoms with Crippen LogP contribution >= 0.6 is 0 Å². The molecule has 9 nitrogen and oxygen atoms in total. The number of rotatable bonds is 7. The molecule has 30 heavy (non-hydrogen) atoms. The summed E-state index contributed by atoms with van der Waals surface area (Å²) < 4.78 is 6.56. The summed E-state index contributed by atoms with van der Waals surface area (Å²) in [5.41, 5.74) is 1.16. The molecule has 168 valence electrons. The number of carbonyl (C=O) groups is 2. The van der Waals surface area contributed by atoms with Gasteiger partial charge >= 0.3 is 12.0 Å². The van der Waals surface area contributed by atoms with Gasteiger partial charge in [-0.05, 0) is 43.4 Å². The Morgan fingerprint density at radius 1 is 1.33 bits per heavy atom. The van der Waals surface area contributed by atoms with Crippen LogP contribution in [0, 0.1) is 11.3 Å². The van der Waals surface area contributed by atoms with E-state index in [4.69, 9.17) is 9.84 Å². The molecule has 2 aliphatic rings. The van der Waals surface area contributed by atoms with Gasteiger partial charge in [-0.25, -0.2) is 9.59 Å². The van der Waals surface area contributed by atoms with E-state index in [0.29, 0.717) is 12.6 Å². The maximum Gasteiger partial charge on any atom is 0.328 e. The zero-order valence-electron chi connectivity index (χ0n) is 18.3. The van der Waals surface area contributed by atoms with Crippen molar-refractivity contribution in [2.75, 3.05) is 32.1 Å². The summed E-state index contributed by atoms with van der Waals surface area (Å²) in [6.45, 7) is 5.84. The SMILES string of the molecule is COC(=O)[C@H](NC(=O)N1CCC2(CCC(Nc3cnn(CCO)c3)CC2)C1)C(C)C. The Morgan fingerprint density at radius 2 is 2.07 bits per heavy atom. The molecule has 2 amide bonds. The van der Waals surface area contributed by atoms with Crippen LogP contribution in [0.1, 0.15) is 46.0 Å². The van der Waals surface area contributed by atoms with Gasteiger partial charge in [-0.3, -0.25) is 4.68 Å². The number of anilines is 1. The van der Waals surface area contributed by atoms with Crippen LogP contribution in [0.15, 0.2) is 12.4 Å². The first-order chi connectivity index (χ1) is 14.4.